The molecular formula is C18H13F2N3O3S. The predicted octanol–water partition coefficient (Wildman–Crippen LogP) is 3.64. The van der Waals surface area contributed by atoms with Gasteiger partial charge in [0.1, 0.15) is 22.3 Å². The summed E-state index contributed by atoms with van der Waals surface area (Å²) in [6, 6.07) is 10.4. The van der Waals surface area contributed by atoms with Gasteiger partial charge in [-0.1, -0.05) is 0 Å². The molecule has 9 heteroatoms. The Morgan fingerprint density at radius 2 is 1.89 bits per heavy atom. The van der Waals surface area contributed by atoms with Gasteiger partial charge in [-0.25, -0.2) is 17.2 Å². The lowest BCUT2D eigenvalue weighted by Gasteiger charge is -2.07. The van der Waals surface area contributed by atoms with Crippen LogP contribution in [0.5, 0.6) is 5.75 Å². The molecule has 0 radical (unpaired) electrons. The van der Waals surface area contributed by atoms with E-state index in [0.29, 0.717) is 5.75 Å². The Morgan fingerprint density at radius 3 is 2.56 bits per heavy atom. The molecule has 0 atom stereocenters. The molecule has 3 aromatic rings. The van der Waals surface area contributed by atoms with Crippen molar-refractivity contribution in [1.29, 1.82) is 5.26 Å². The van der Waals surface area contributed by atoms with Gasteiger partial charge in [0.2, 0.25) is 0 Å². The van der Waals surface area contributed by atoms with Crippen molar-refractivity contribution in [3.63, 3.8) is 0 Å². The molecule has 0 unspecified atom stereocenters. The summed E-state index contributed by atoms with van der Waals surface area (Å²) in [6.07, 6.45) is 1.16. The molecule has 0 saturated carbocycles. The van der Waals surface area contributed by atoms with Crippen LogP contribution < -0.4 is 9.46 Å². The van der Waals surface area contributed by atoms with E-state index in [0.717, 1.165) is 18.3 Å². The third kappa shape index (κ3) is 3.75. The van der Waals surface area contributed by atoms with E-state index in [4.69, 9.17) is 10.00 Å². The number of anilines is 1. The number of hydrogen-bond donors (Lipinski definition) is 2. The SMILES string of the molecule is COc1ccc(F)c(-c2cc(S(=O)(=O)Nc3ccc(C#N)cc3F)c[nH]2)c1. The maximum Gasteiger partial charge on any atom is 0.263 e. The minimum absolute atomic E-state index is 0.0629. The molecule has 0 fully saturated rings. The molecule has 0 amide bonds. The van der Waals surface area contributed by atoms with Gasteiger partial charge < -0.3 is 9.72 Å². The summed E-state index contributed by atoms with van der Waals surface area (Å²) in [6.45, 7) is 0. The fraction of sp³-hybridized carbons (Fsp3) is 0.0556. The lowest BCUT2D eigenvalue weighted by Crippen LogP contribution is -2.13. The molecule has 1 heterocycles. The second-order valence-electron chi connectivity index (χ2n) is 5.51. The Labute approximate surface area is 154 Å². The third-order valence-electron chi connectivity index (χ3n) is 3.77. The number of halogens is 2. The lowest BCUT2D eigenvalue weighted by atomic mass is 10.1. The Bertz CT molecular complexity index is 1150. The van der Waals surface area contributed by atoms with Crippen LogP contribution in [-0.4, -0.2) is 20.5 Å². The van der Waals surface area contributed by atoms with Crippen molar-refractivity contribution in [1.82, 2.24) is 4.98 Å². The average molecular weight is 389 g/mol. The van der Waals surface area contributed by atoms with E-state index in [-0.39, 0.29) is 27.4 Å². The molecule has 0 spiro atoms. The molecule has 6 nitrogen and oxygen atoms in total. The van der Waals surface area contributed by atoms with E-state index in [1.165, 1.54) is 37.4 Å². The first kappa shape index (κ1) is 18.4. The molecule has 0 aliphatic rings. The molecule has 0 aliphatic carbocycles. The highest BCUT2D eigenvalue weighted by Crippen LogP contribution is 2.29. The first-order chi connectivity index (χ1) is 12.8. The topological polar surface area (TPSA) is 95.0 Å². The first-order valence-electron chi connectivity index (χ1n) is 7.59. The normalized spacial score (nSPS) is 11.0. The maximum atomic E-state index is 14.1. The number of nitrogens with zero attached hydrogens (tertiary/aromatic N) is 1. The van der Waals surface area contributed by atoms with Crippen molar-refractivity contribution in [2.24, 2.45) is 0 Å². The molecule has 2 N–H and O–H groups in total. The maximum absolute atomic E-state index is 14.1. The molecule has 1 aromatic heterocycles. The smallest absolute Gasteiger partial charge is 0.263 e. The number of aromatic amines is 1. The Morgan fingerprint density at radius 1 is 1.11 bits per heavy atom. The van der Waals surface area contributed by atoms with E-state index in [2.05, 4.69) is 9.71 Å². The number of ether oxygens (including phenoxy) is 1. The van der Waals surface area contributed by atoms with Crippen LogP contribution in [0.15, 0.2) is 53.6 Å². The van der Waals surface area contributed by atoms with E-state index < -0.39 is 21.7 Å². The molecular weight excluding hydrogens is 376 g/mol. The zero-order valence-corrected chi connectivity index (χ0v) is 14.8. The van der Waals surface area contributed by atoms with Crippen LogP contribution >= 0.6 is 0 Å². The van der Waals surface area contributed by atoms with Gasteiger partial charge in [0.15, 0.2) is 0 Å². The molecule has 0 aliphatic heterocycles. The van der Waals surface area contributed by atoms with Crippen LogP contribution in [0.2, 0.25) is 0 Å². The van der Waals surface area contributed by atoms with Crippen LogP contribution in [0.4, 0.5) is 14.5 Å². The molecule has 2 aromatic carbocycles. The van der Waals surface area contributed by atoms with Crippen LogP contribution in [0.25, 0.3) is 11.3 Å². The second-order valence-corrected chi connectivity index (χ2v) is 7.19. The van der Waals surface area contributed by atoms with Gasteiger partial charge in [0.05, 0.1) is 24.4 Å². The summed E-state index contributed by atoms with van der Waals surface area (Å²) in [5.41, 5.74) is 0.101. The standard InChI is InChI=1S/C18H13F2N3O3S/c1-26-12-3-4-15(19)14(7-12)18-8-13(10-22-18)27(24,25)23-17-5-2-11(9-21)6-16(17)20/h2-8,10,22-23H,1H3. The van der Waals surface area contributed by atoms with Gasteiger partial charge in [0.25, 0.3) is 10.0 Å². The number of H-pyrrole nitrogens is 1. The number of benzene rings is 2. The molecule has 27 heavy (non-hydrogen) atoms. The largest absolute Gasteiger partial charge is 0.497 e. The predicted molar refractivity (Wildman–Crippen MR) is 94.7 cm³/mol. The number of sulfonamides is 1. The van der Waals surface area contributed by atoms with Crippen molar-refractivity contribution in [2.45, 2.75) is 4.90 Å². The van der Waals surface area contributed by atoms with Gasteiger partial charge in [-0.05, 0) is 42.5 Å². The van der Waals surface area contributed by atoms with E-state index in [1.54, 1.807) is 6.07 Å². The highest BCUT2D eigenvalue weighted by Gasteiger charge is 2.20. The average Bonchev–Trinajstić information content (AvgIpc) is 3.14. The fourth-order valence-corrected chi connectivity index (χ4v) is 3.45. The molecule has 3 rings (SSSR count). The Kier molecular flexibility index (Phi) is 4.83. The van der Waals surface area contributed by atoms with Crippen LogP contribution in [0, 0.1) is 23.0 Å². The van der Waals surface area contributed by atoms with Gasteiger partial charge in [-0.3, -0.25) is 4.72 Å². The molecule has 0 saturated heterocycles. The van der Waals surface area contributed by atoms with Gasteiger partial charge in [-0.2, -0.15) is 5.26 Å². The fourth-order valence-electron chi connectivity index (χ4n) is 2.39. The van der Waals surface area contributed by atoms with Crippen molar-refractivity contribution >= 4 is 15.7 Å². The minimum Gasteiger partial charge on any atom is -0.497 e. The monoisotopic (exact) mass is 389 g/mol. The van der Waals surface area contributed by atoms with E-state index >= 15 is 0 Å². The summed E-state index contributed by atoms with van der Waals surface area (Å²) in [4.78, 5) is 2.48. The van der Waals surface area contributed by atoms with E-state index in [1.807, 2.05) is 0 Å². The highest BCUT2D eigenvalue weighted by molar-refractivity contribution is 7.92. The lowest BCUT2D eigenvalue weighted by molar-refractivity contribution is 0.414. The van der Waals surface area contributed by atoms with Crippen molar-refractivity contribution in [3.8, 4) is 23.1 Å². The number of nitriles is 1. The Hall–Kier alpha value is -3.38. The number of hydrogen-bond acceptors (Lipinski definition) is 4. The summed E-state index contributed by atoms with van der Waals surface area (Å²) in [5, 5.41) is 8.74. The molecule has 0 bridgehead atoms. The van der Waals surface area contributed by atoms with Gasteiger partial charge in [0, 0.05) is 17.5 Å². The van der Waals surface area contributed by atoms with Gasteiger partial charge >= 0.3 is 0 Å². The van der Waals surface area contributed by atoms with Crippen LogP contribution in [-0.2, 0) is 10.0 Å². The van der Waals surface area contributed by atoms with Crippen molar-refractivity contribution in [2.75, 3.05) is 11.8 Å². The quantitative estimate of drug-likeness (QED) is 0.696. The number of nitrogens with one attached hydrogen (secondary N) is 2. The van der Waals surface area contributed by atoms with Crippen molar-refractivity contribution in [3.05, 3.63) is 65.9 Å². The first-order valence-corrected chi connectivity index (χ1v) is 9.07. The van der Waals surface area contributed by atoms with Crippen LogP contribution in [0.3, 0.4) is 0 Å². The summed E-state index contributed by atoms with van der Waals surface area (Å²) < 4.78 is 60.1. The number of rotatable bonds is 5. The summed E-state index contributed by atoms with van der Waals surface area (Å²) in [7, 11) is -2.70. The van der Waals surface area contributed by atoms with Crippen molar-refractivity contribution < 1.29 is 21.9 Å². The number of methoxy groups -OCH3 is 1. The van der Waals surface area contributed by atoms with Crippen LogP contribution in [0.1, 0.15) is 5.56 Å². The van der Waals surface area contributed by atoms with E-state index in [9.17, 15) is 17.2 Å². The Balaban J connectivity index is 1.93. The highest BCUT2D eigenvalue weighted by atomic mass is 32.2. The summed E-state index contributed by atoms with van der Waals surface area (Å²) >= 11 is 0. The second kappa shape index (κ2) is 7.09. The third-order valence-corrected chi connectivity index (χ3v) is 5.12. The van der Waals surface area contributed by atoms with Gasteiger partial charge in [-0.15, -0.1) is 0 Å². The zero-order valence-electron chi connectivity index (χ0n) is 14.0. The summed E-state index contributed by atoms with van der Waals surface area (Å²) in [5.74, 6) is -1.04. The zero-order chi connectivity index (χ0) is 19.6. The number of aromatic nitrogens is 1. The molecule has 138 valence electrons. The minimum atomic E-state index is -4.13.